The predicted octanol–water partition coefficient (Wildman–Crippen LogP) is 1.63. The number of halogens is 2. The topological polar surface area (TPSA) is 42.0 Å². The fourth-order valence-corrected chi connectivity index (χ4v) is 1.73. The molecule has 1 aliphatic heterocycles. The van der Waals surface area contributed by atoms with Gasteiger partial charge in [0, 0.05) is 6.54 Å². The number of rotatable bonds is 0. The molecular formula is C7H4Cl2N2O. The molecule has 2 rings (SSSR count). The molecule has 0 aromatic carbocycles. The second-order valence-electron chi connectivity index (χ2n) is 2.45. The van der Waals surface area contributed by atoms with Gasteiger partial charge in [-0.05, 0) is 11.6 Å². The average Bonchev–Trinajstić information content (AvgIpc) is 2.31. The molecular weight excluding hydrogens is 199 g/mol. The van der Waals surface area contributed by atoms with E-state index in [1.54, 1.807) is 6.07 Å². The van der Waals surface area contributed by atoms with Crippen molar-refractivity contribution in [3.8, 4) is 0 Å². The Bertz CT molecular complexity index is 365. The minimum atomic E-state index is -0.181. The summed E-state index contributed by atoms with van der Waals surface area (Å²) in [4.78, 5) is 14.9. The zero-order chi connectivity index (χ0) is 8.72. The molecule has 5 heteroatoms. The van der Waals surface area contributed by atoms with Gasteiger partial charge in [-0.3, -0.25) is 4.79 Å². The third-order valence-corrected chi connectivity index (χ3v) is 2.16. The Kier molecular flexibility index (Phi) is 1.70. The Labute approximate surface area is 78.7 Å². The summed E-state index contributed by atoms with van der Waals surface area (Å²) in [7, 11) is 0. The molecule has 3 nitrogen and oxygen atoms in total. The molecule has 0 bridgehead atoms. The highest BCUT2D eigenvalue weighted by atomic mass is 35.5. The summed E-state index contributed by atoms with van der Waals surface area (Å²) in [6.45, 7) is 0.482. The number of pyridine rings is 1. The lowest BCUT2D eigenvalue weighted by atomic mass is 10.2. The van der Waals surface area contributed by atoms with Crippen LogP contribution in [0.25, 0.3) is 0 Å². The maximum Gasteiger partial charge on any atom is 0.255 e. The summed E-state index contributed by atoms with van der Waals surface area (Å²) < 4.78 is 0. The fourth-order valence-electron chi connectivity index (χ4n) is 1.17. The third-order valence-electron chi connectivity index (χ3n) is 1.69. The molecule has 1 aromatic heterocycles. The van der Waals surface area contributed by atoms with Gasteiger partial charge in [-0.15, -0.1) is 0 Å². The molecule has 0 spiro atoms. The molecule has 1 aromatic rings. The van der Waals surface area contributed by atoms with Crippen LogP contribution in [0.3, 0.4) is 0 Å². The standard InChI is InChI=1S/C7H4Cl2N2O/c8-4-1-3-2-10-7(12)5(3)6(9)11-4/h1H,2H2,(H,10,12). The van der Waals surface area contributed by atoms with E-state index < -0.39 is 0 Å². The van der Waals surface area contributed by atoms with Crippen molar-refractivity contribution in [2.75, 3.05) is 0 Å². The number of fused-ring (bicyclic) bond motifs is 1. The number of hydrogen-bond donors (Lipinski definition) is 1. The minimum absolute atomic E-state index is 0.174. The number of nitrogens with one attached hydrogen (secondary N) is 1. The number of carbonyl (C=O) groups is 1. The van der Waals surface area contributed by atoms with Crippen LogP contribution < -0.4 is 5.32 Å². The molecule has 1 N–H and O–H groups in total. The van der Waals surface area contributed by atoms with Crippen molar-refractivity contribution in [3.63, 3.8) is 0 Å². The molecule has 1 aliphatic rings. The van der Waals surface area contributed by atoms with E-state index in [4.69, 9.17) is 23.2 Å². The van der Waals surface area contributed by atoms with E-state index in [0.717, 1.165) is 5.56 Å². The largest absolute Gasteiger partial charge is 0.348 e. The number of nitrogens with zero attached hydrogens (tertiary/aromatic N) is 1. The molecule has 0 radical (unpaired) electrons. The van der Waals surface area contributed by atoms with Gasteiger partial charge < -0.3 is 5.32 Å². The smallest absolute Gasteiger partial charge is 0.255 e. The fraction of sp³-hybridized carbons (Fsp3) is 0.143. The summed E-state index contributed by atoms with van der Waals surface area (Å²) in [5.74, 6) is -0.181. The van der Waals surface area contributed by atoms with Gasteiger partial charge in [0.1, 0.15) is 10.3 Å². The van der Waals surface area contributed by atoms with Gasteiger partial charge in [-0.2, -0.15) is 0 Å². The highest BCUT2D eigenvalue weighted by Gasteiger charge is 2.23. The van der Waals surface area contributed by atoms with Crippen molar-refractivity contribution in [1.29, 1.82) is 0 Å². The van der Waals surface area contributed by atoms with Crippen LogP contribution in [-0.2, 0) is 6.54 Å². The van der Waals surface area contributed by atoms with Crippen molar-refractivity contribution in [1.82, 2.24) is 10.3 Å². The van der Waals surface area contributed by atoms with E-state index >= 15 is 0 Å². The van der Waals surface area contributed by atoms with Crippen LogP contribution in [0.4, 0.5) is 0 Å². The van der Waals surface area contributed by atoms with Gasteiger partial charge in [0.15, 0.2) is 0 Å². The van der Waals surface area contributed by atoms with Crippen molar-refractivity contribution in [2.24, 2.45) is 0 Å². The Balaban J connectivity index is 2.68. The first-order valence-electron chi connectivity index (χ1n) is 3.31. The van der Waals surface area contributed by atoms with Crippen LogP contribution in [0.2, 0.25) is 10.3 Å². The molecule has 0 saturated heterocycles. The Morgan fingerprint density at radius 2 is 2.25 bits per heavy atom. The predicted molar refractivity (Wildman–Crippen MR) is 45.4 cm³/mol. The lowest BCUT2D eigenvalue weighted by Gasteiger charge is -1.97. The first kappa shape index (κ1) is 7.83. The van der Waals surface area contributed by atoms with Crippen LogP contribution >= 0.6 is 23.2 Å². The highest BCUT2D eigenvalue weighted by molar-refractivity contribution is 6.35. The van der Waals surface area contributed by atoms with Crippen molar-refractivity contribution in [3.05, 3.63) is 27.5 Å². The SMILES string of the molecule is O=C1NCc2cc(Cl)nc(Cl)c21. The summed E-state index contributed by atoms with van der Waals surface area (Å²) in [6, 6.07) is 1.64. The van der Waals surface area contributed by atoms with Gasteiger partial charge in [0.2, 0.25) is 0 Å². The molecule has 0 atom stereocenters. The molecule has 12 heavy (non-hydrogen) atoms. The van der Waals surface area contributed by atoms with E-state index in [-0.39, 0.29) is 11.1 Å². The van der Waals surface area contributed by atoms with E-state index in [9.17, 15) is 4.79 Å². The minimum Gasteiger partial charge on any atom is -0.348 e. The number of carbonyl (C=O) groups excluding carboxylic acids is 1. The Morgan fingerprint density at radius 1 is 1.50 bits per heavy atom. The second kappa shape index (κ2) is 2.61. The molecule has 62 valence electrons. The number of hydrogen-bond acceptors (Lipinski definition) is 2. The van der Waals surface area contributed by atoms with Crippen LogP contribution in [-0.4, -0.2) is 10.9 Å². The lowest BCUT2D eigenvalue weighted by Crippen LogP contribution is -2.12. The second-order valence-corrected chi connectivity index (χ2v) is 3.20. The molecule has 2 heterocycles. The lowest BCUT2D eigenvalue weighted by molar-refractivity contribution is 0.0965. The first-order chi connectivity index (χ1) is 5.68. The summed E-state index contributed by atoms with van der Waals surface area (Å²) in [6.07, 6.45) is 0. The van der Waals surface area contributed by atoms with Crippen LogP contribution in [0.15, 0.2) is 6.07 Å². The normalized spacial score (nSPS) is 14.3. The summed E-state index contributed by atoms with van der Waals surface area (Å²) in [5, 5.41) is 3.12. The molecule has 0 saturated carbocycles. The van der Waals surface area contributed by atoms with Crippen molar-refractivity contribution >= 4 is 29.1 Å². The van der Waals surface area contributed by atoms with Crippen molar-refractivity contribution in [2.45, 2.75) is 6.54 Å². The van der Waals surface area contributed by atoms with Crippen LogP contribution in [0.1, 0.15) is 15.9 Å². The molecule has 0 fully saturated rings. The van der Waals surface area contributed by atoms with Crippen molar-refractivity contribution < 1.29 is 4.79 Å². The van der Waals surface area contributed by atoms with Crippen LogP contribution in [0, 0.1) is 0 Å². The van der Waals surface area contributed by atoms with E-state index in [1.807, 2.05) is 0 Å². The molecule has 1 amide bonds. The zero-order valence-corrected chi connectivity index (χ0v) is 7.41. The quantitative estimate of drug-likeness (QED) is 0.651. The number of amides is 1. The van der Waals surface area contributed by atoms with Gasteiger partial charge in [0.05, 0.1) is 5.56 Å². The van der Waals surface area contributed by atoms with Crippen LogP contribution in [0.5, 0.6) is 0 Å². The van der Waals surface area contributed by atoms with Gasteiger partial charge in [-0.1, -0.05) is 23.2 Å². The molecule has 0 unspecified atom stereocenters. The average molecular weight is 203 g/mol. The van der Waals surface area contributed by atoms with E-state index in [0.29, 0.717) is 17.3 Å². The first-order valence-corrected chi connectivity index (χ1v) is 4.07. The maximum atomic E-state index is 11.1. The molecule has 0 aliphatic carbocycles. The van der Waals surface area contributed by atoms with E-state index in [2.05, 4.69) is 10.3 Å². The monoisotopic (exact) mass is 202 g/mol. The summed E-state index contributed by atoms with van der Waals surface area (Å²) >= 11 is 11.4. The van der Waals surface area contributed by atoms with Gasteiger partial charge in [-0.25, -0.2) is 4.98 Å². The highest BCUT2D eigenvalue weighted by Crippen LogP contribution is 2.24. The summed E-state index contributed by atoms with van der Waals surface area (Å²) in [5.41, 5.74) is 1.26. The Hall–Kier alpha value is -0.800. The van der Waals surface area contributed by atoms with Gasteiger partial charge >= 0.3 is 0 Å². The zero-order valence-electron chi connectivity index (χ0n) is 5.90. The van der Waals surface area contributed by atoms with Gasteiger partial charge in [0.25, 0.3) is 5.91 Å². The Morgan fingerprint density at radius 3 is 3.00 bits per heavy atom. The maximum absolute atomic E-state index is 11.1. The third kappa shape index (κ3) is 1.06. The number of aromatic nitrogens is 1. The van der Waals surface area contributed by atoms with E-state index in [1.165, 1.54) is 0 Å².